The third kappa shape index (κ3) is 2.84. The average Bonchev–Trinajstić information content (AvgIpc) is 2.26. The molecule has 0 radical (unpaired) electrons. The van der Waals surface area contributed by atoms with E-state index in [1.54, 1.807) is 0 Å². The molecule has 1 rings (SSSR count). The predicted molar refractivity (Wildman–Crippen MR) is 68.6 cm³/mol. The first-order valence-electron chi connectivity index (χ1n) is 5.97. The van der Waals surface area contributed by atoms with Crippen LogP contribution in [0.25, 0.3) is 0 Å². The van der Waals surface area contributed by atoms with E-state index in [4.69, 9.17) is 0 Å². The number of hydrogen-bond acceptors (Lipinski definition) is 1. The molecule has 0 aliphatic rings. The molecule has 0 heterocycles. The Bertz CT molecular complexity index is 367. The van der Waals surface area contributed by atoms with Crippen LogP contribution >= 0.6 is 0 Å². The van der Waals surface area contributed by atoms with Crippen molar-refractivity contribution in [3.63, 3.8) is 0 Å². The van der Waals surface area contributed by atoms with Crippen molar-refractivity contribution in [2.24, 2.45) is 5.92 Å². The summed E-state index contributed by atoms with van der Waals surface area (Å²) in [7, 11) is 0. The van der Waals surface area contributed by atoms with Gasteiger partial charge in [0, 0.05) is 11.6 Å². The van der Waals surface area contributed by atoms with Crippen molar-refractivity contribution in [2.45, 2.75) is 40.5 Å². The van der Waals surface area contributed by atoms with Gasteiger partial charge in [-0.25, -0.2) is 0 Å². The molecular formula is C14H21NO. The number of nitrogens with one attached hydrogen (secondary N) is 1. The Morgan fingerprint density at radius 2 is 1.88 bits per heavy atom. The van der Waals surface area contributed by atoms with Gasteiger partial charge in [0.1, 0.15) is 0 Å². The fourth-order valence-corrected chi connectivity index (χ4v) is 1.78. The van der Waals surface area contributed by atoms with Gasteiger partial charge in [-0.2, -0.15) is 0 Å². The van der Waals surface area contributed by atoms with E-state index >= 15 is 0 Å². The standard InChI is InChI=1S/C14H21NO/c1-5-12(6-2)14(16)15-13-9-7-8-10(3)11(13)4/h7-9,12H,5-6H2,1-4H3,(H,15,16). The zero-order valence-corrected chi connectivity index (χ0v) is 10.6. The van der Waals surface area contributed by atoms with Gasteiger partial charge in [-0.15, -0.1) is 0 Å². The molecule has 0 aliphatic carbocycles. The first-order valence-corrected chi connectivity index (χ1v) is 5.97. The van der Waals surface area contributed by atoms with Crippen molar-refractivity contribution in [2.75, 3.05) is 5.32 Å². The Balaban J connectivity index is 2.80. The van der Waals surface area contributed by atoms with Crippen LogP contribution in [0.15, 0.2) is 18.2 Å². The van der Waals surface area contributed by atoms with Crippen molar-refractivity contribution in [3.8, 4) is 0 Å². The number of carbonyl (C=O) groups excluding carboxylic acids is 1. The molecule has 1 aromatic rings. The van der Waals surface area contributed by atoms with Crippen molar-refractivity contribution in [1.82, 2.24) is 0 Å². The van der Waals surface area contributed by atoms with E-state index in [0.717, 1.165) is 24.1 Å². The van der Waals surface area contributed by atoms with Gasteiger partial charge in [-0.1, -0.05) is 26.0 Å². The summed E-state index contributed by atoms with van der Waals surface area (Å²) in [5, 5.41) is 3.01. The topological polar surface area (TPSA) is 29.1 Å². The highest BCUT2D eigenvalue weighted by Crippen LogP contribution is 2.19. The van der Waals surface area contributed by atoms with Crippen LogP contribution in [0.1, 0.15) is 37.8 Å². The van der Waals surface area contributed by atoms with Crippen LogP contribution in [-0.2, 0) is 4.79 Å². The first kappa shape index (κ1) is 12.8. The Kier molecular flexibility index (Phi) is 4.53. The number of aryl methyl sites for hydroxylation is 1. The molecule has 0 spiro atoms. The van der Waals surface area contributed by atoms with E-state index < -0.39 is 0 Å². The van der Waals surface area contributed by atoms with Crippen molar-refractivity contribution < 1.29 is 4.79 Å². The minimum Gasteiger partial charge on any atom is -0.326 e. The lowest BCUT2D eigenvalue weighted by atomic mass is 10.0. The summed E-state index contributed by atoms with van der Waals surface area (Å²) >= 11 is 0. The van der Waals surface area contributed by atoms with E-state index in [-0.39, 0.29) is 11.8 Å². The molecule has 1 amide bonds. The number of hydrogen-bond donors (Lipinski definition) is 1. The second-order valence-electron chi connectivity index (χ2n) is 4.25. The van der Waals surface area contributed by atoms with Gasteiger partial charge >= 0.3 is 0 Å². The Morgan fingerprint density at radius 1 is 1.25 bits per heavy atom. The molecule has 1 aromatic carbocycles. The first-order chi connectivity index (χ1) is 7.60. The highest BCUT2D eigenvalue weighted by molar-refractivity contribution is 5.93. The van der Waals surface area contributed by atoms with E-state index in [1.165, 1.54) is 5.56 Å². The molecule has 0 bridgehead atoms. The fourth-order valence-electron chi connectivity index (χ4n) is 1.78. The largest absolute Gasteiger partial charge is 0.326 e. The monoisotopic (exact) mass is 219 g/mol. The van der Waals surface area contributed by atoms with E-state index in [0.29, 0.717) is 0 Å². The summed E-state index contributed by atoms with van der Waals surface area (Å²) in [4.78, 5) is 11.9. The van der Waals surface area contributed by atoms with E-state index in [2.05, 4.69) is 32.2 Å². The summed E-state index contributed by atoms with van der Waals surface area (Å²) < 4.78 is 0. The Labute approximate surface area is 98.1 Å². The predicted octanol–water partition coefficient (Wildman–Crippen LogP) is 3.68. The average molecular weight is 219 g/mol. The number of carbonyl (C=O) groups is 1. The molecule has 1 N–H and O–H groups in total. The maximum Gasteiger partial charge on any atom is 0.227 e. The van der Waals surface area contributed by atoms with Gasteiger partial charge in [0.2, 0.25) is 5.91 Å². The molecule has 0 unspecified atom stereocenters. The summed E-state index contributed by atoms with van der Waals surface area (Å²) in [5.74, 6) is 0.263. The van der Waals surface area contributed by atoms with Gasteiger partial charge in [-0.3, -0.25) is 4.79 Å². The Morgan fingerprint density at radius 3 is 2.44 bits per heavy atom. The van der Waals surface area contributed by atoms with Crippen molar-refractivity contribution in [3.05, 3.63) is 29.3 Å². The third-order valence-electron chi connectivity index (χ3n) is 3.22. The molecule has 0 saturated heterocycles. The normalized spacial score (nSPS) is 10.6. The molecule has 0 aliphatic heterocycles. The maximum absolute atomic E-state index is 11.9. The molecule has 0 aromatic heterocycles. The van der Waals surface area contributed by atoms with Crippen LogP contribution in [-0.4, -0.2) is 5.91 Å². The lowest BCUT2D eigenvalue weighted by Crippen LogP contribution is -2.22. The number of rotatable bonds is 4. The van der Waals surface area contributed by atoms with Gasteiger partial charge in [0.25, 0.3) is 0 Å². The molecule has 2 nitrogen and oxygen atoms in total. The van der Waals surface area contributed by atoms with Gasteiger partial charge in [0.15, 0.2) is 0 Å². The highest BCUT2D eigenvalue weighted by atomic mass is 16.1. The van der Waals surface area contributed by atoms with Crippen LogP contribution in [0, 0.1) is 19.8 Å². The quantitative estimate of drug-likeness (QED) is 0.822. The van der Waals surface area contributed by atoms with Gasteiger partial charge in [0.05, 0.1) is 0 Å². The van der Waals surface area contributed by atoms with Gasteiger partial charge < -0.3 is 5.32 Å². The summed E-state index contributed by atoms with van der Waals surface area (Å²) in [6, 6.07) is 6.00. The zero-order valence-electron chi connectivity index (χ0n) is 10.6. The molecule has 0 atom stereocenters. The van der Waals surface area contributed by atoms with Crippen LogP contribution in [0.2, 0.25) is 0 Å². The Hall–Kier alpha value is -1.31. The number of benzene rings is 1. The molecule has 88 valence electrons. The molecule has 0 saturated carbocycles. The minimum absolute atomic E-state index is 0.125. The highest BCUT2D eigenvalue weighted by Gasteiger charge is 2.14. The summed E-state index contributed by atoms with van der Waals surface area (Å²) in [6.07, 6.45) is 1.79. The molecular weight excluding hydrogens is 198 g/mol. The van der Waals surface area contributed by atoms with E-state index in [9.17, 15) is 4.79 Å². The fraction of sp³-hybridized carbons (Fsp3) is 0.500. The number of amides is 1. The zero-order chi connectivity index (χ0) is 12.1. The van der Waals surface area contributed by atoms with E-state index in [1.807, 2.05) is 19.1 Å². The smallest absolute Gasteiger partial charge is 0.227 e. The summed E-state index contributed by atoms with van der Waals surface area (Å²) in [5.41, 5.74) is 3.31. The molecule has 0 fully saturated rings. The maximum atomic E-state index is 11.9. The van der Waals surface area contributed by atoms with Crippen LogP contribution in [0.3, 0.4) is 0 Å². The number of anilines is 1. The van der Waals surface area contributed by atoms with Crippen LogP contribution in [0.4, 0.5) is 5.69 Å². The second kappa shape index (κ2) is 5.69. The lowest BCUT2D eigenvalue weighted by molar-refractivity contribution is -0.120. The van der Waals surface area contributed by atoms with Gasteiger partial charge in [-0.05, 0) is 43.9 Å². The SMILES string of the molecule is CCC(CC)C(=O)Nc1cccc(C)c1C. The molecule has 16 heavy (non-hydrogen) atoms. The van der Waals surface area contributed by atoms with Crippen LogP contribution < -0.4 is 5.32 Å². The minimum atomic E-state index is 0.125. The van der Waals surface area contributed by atoms with Crippen molar-refractivity contribution >= 4 is 11.6 Å². The third-order valence-corrected chi connectivity index (χ3v) is 3.22. The second-order valence-corrected chi connectivity index (χ2v) is 4.25. The van der Waals surface area contributed by atoms with Crippen molar-refractivity contribution in [1.29, 1.82) is 0 Å². The van der Waals surface area contributed by atoms with Crippen LogP contribution in [0.5, 0.6) is 0 Å². The summed E-state index contributed by atoms with van der Waals surface area (Å²) in [6.45, 7) is 8.20. The lowest BCUT2D eigenvalue weighted by Gasteiger charge is -2.15. The molecule has 2 heteroatoms.